The topological polar surface area (TPSA) is 53.6 Å². The van der Waals surface area contributed by atoms with Gasteiger partial charge in [0.15, 0.2) is 0 Å². The summed E-state index contributed by atoms with van der Waals surface area (Å²) in [4.78, 5) is 0. The van der Waals surface area contributed by atoms with Crippen LogP contribution in [0.4, 0.5) is 0 Å². The highest BCUT2D eigenvalue weighted by atomic mass is 16.4. The number of furan rings is 1. The smallest absolute Gasteiger partial charge is 0.465 e. The number of rotatable bonds is 2. The molecule has 2 N–H and O–H groups in total. The van der Waals surface area contributed by atoms with Crippen LogP contribution in [0.15, 0.2) is 28.7 Å². The number of hydrogen-bond acceptors (Lipinski definition) is 3. The Kier molecular flexibility index (Phi) is 3.14. The highest BCUT2D eigenvalue weighted by molar-refractivity contribution is 6.57. The van der Waals surface area contributed by atoms with E-state index in [1.807, 2.05) is 6.07 Å². The Hall–Kier alpha value is -1.26. The zero-order chi connectivity index (χ0) is 12.5. The van der Waals surface area contributed by atoms with Gasteiger partial charge in [0.05, 0.1) is 0 Å². The average Bonchev–Trinajstić information content (AvgIpc) is 2.82. The van der Waals surface area contributed by atoms with Gasteiger partial charge >= 0.3 is 7.12 Å². The monoisotopic (exact) mass is 244 g/mol. The molecule has 0 bridgehead atoms. The van der Waals surface area contributed by atoms with Gasteiger partial charge in [0, 0.05) is 5.39 Å². The maximum atomic E-state index is 9.10. The van der Waals surface area contributed by atoms with Crippen LogP contribution in [0, 0.1) is 0 Å². The Bertz CT molecular complexity index is 541. The van der Waals surface area contributed by atoms with Gasteiger partial charge in [-0.15, -0.1) is 0 Å². The molecule has 4 heteroatoms. The van der Waals surface area contributed by atoms with E-state index in [2.05, 4.69) is 12.1 Å². The maximum absolute atomic E-state index is 9.10. The van der Waals surface area contributed by atoms with E-state index >= 15 is 0 Å². The first-order valence-corrected chi connectivity index (χ1v) is 6.63. The van der Waals surface area contributed by atoms with E-state index in [1.165, 1.54) is 37.7 Å². The third-order valence-corrected chi connectivity index (χ3v) is 3.89. The summed E-state index contributed by atoms with van der Waals surface area (Å²) in [6.07, 6.45) is 6.51. The third-order valence-electron chi connectivity index (χ3n) is 3.89. The molecule has 2 aromatic rings. The van der Waals surface area contributed by atoms with Gasteiger partial charge in [-0.05, 0) is 42.5 Å². The summed E-state index contributed by atoms with van der Waals surface area (Å²) in [5.41, 5.74) is 2.28. The van der Waals surface area contributed by atoms with E-state index < -0.39 is 7.12 Å². The molecule has 1 aromatic heterocycles. The van der Waals surface area contributed by atoms with Crippen LogP contribution in [-0.2, 0) is 0 Å². The standard InChI is InChI=1S/C14H17BO3/c16-15(17)14-9-12-8-11(6-7-13(12)18-14)10-4-2-1-3-5-10/h6-10,16-17H,1-5H2. The van der Waals surface area contributed by atoms with Crippen molar-refractivity contribution in [2.24, 2.45) is 0 Å². The summed E-state index contributed by atoms with van der Waals surface area (Å²) in [6, 6.07) is 7.88. The van der Waals surface area contributed by atoms with Crippen molar-refractivity contribution in [3.63, 3.8) is 0 Å². The second-order valence-corrected chi connectivity index (χ2v) is 5.15. The average molecular weight is 244 g/mol. The van der Waals surface area contributed by atoms with E-state index in [0.717, 1.165) is 11.0 Å². The Labute approximate surface area is 107 Å². The fraction of sp³-hybridized carbons (Fsp3) is 0.429. The lowest BCUT2D eigenvalue weighted by atomic mass is 9.83. The fourth-order valence-electron chi connectivity index (χ4n) is 2.90. The molecular formula is C14H17BO3. The summed E-state index contributed by atoms with van der Waals surface area (Å²) in [7, 11) is -1.53. The fourth-order valence-corrected chi connectivity index (χ4v) is 2.90. The summed E-state index contributed by atoms with van der Waals surface area (Å²) >= 11 is 0. The predicted molar refractivity (Wildman–Crippen MR) is 71.9 cm³/mol. The van der Waals surface area contributed by atoms with Gasteiger partial charge in [-0.2, -0.15) is 0 Å². The molecule has 3 nitrogen and oxygen atoms in total. The van der Waals surface area contributed by atoms with Gasteiger partial charge in [-0.3, -0.25) is 0 Å². The SMILES string of the molecule is OB(O)c1cc2cc(C3CCCCC3)ccc2o1. The molecule has 0 unspecified atom stereocenters. The molecule has 0 atom stereocenters. The van der Waals surface area contributed by atoms with E-state index in [9.17, 15) is 0 Å². The van der Waals surface area contributed by atoms with Gasteiger partial charge in [-0.1, -0.05) is 25.3 Å². The van der Waals surface area contributed by atoms with Crippen LogP contribution >= 0.6 is 0 Å². The van der Waals surface area contributed by atoms with Crippen molar-refractivity contribution in [3.8, 4) is 0 Å². The molecule has 1 aliphatic rings. The van der Waals surface area contributed by atoms with Crippen molar-refractivity contribution < 1.29 is 14.5 Å². The van der Waals surface area contributed by atoms with Crippen LogP contribution in [0.2, 0.25) is 0 Å². The Morgan fingerprint density at radius 1 is 1.06 bits per heavy atom. The zero-order valence-corrected chi connectivity index (χ0v) is 10.3. The van der Waals surface area contributed by atoms with E-state index in [-0.39, 0.29) is 5.66 Å². The molecular weight excluding hydrogens is 227 g/mol. The van der Waals surface area contributed by atoms with Crippen LogP contribution in [0.1, 0.15) is 43.6 Å². The van der Waals surface area contributed by atoms with Crippen LogP contribution in [0.25, 0.3) is 11.0 Å². The molecule has 1 fully saturated rings. The Morgan fingerprint density at radius 2 is 1.83 bits per heavy atom. The second kappa shape index (κ2) is 4.79. The lowest BCUT2D eigenvalue weighted by Crippen LogP contribution is -2.27. The first-order valence-electron chi connectivity index (χ1n) is 6.63. The minimum absolute atomic E-state index is 0.214. The van der Waals surface area contributed by atoms with Crippen molar-refractivity contribution >= 4 is 23.7 Å². The zero-order valence-electron chi connectivity index (χ0n) is 10.3. The molecule has 3 rings (SSSR count). The minimum atomic E-state index is -1.53. The Balaban J connectivity index is 1.94. The molecule has 1 aromatic carbocycles. The van der Waals surface area contributed by atoms with Crippen molar-refractivity contribution in [1.29, 1.82) is 0 Å². The molecule has 0 saturated heterocycles. The van der Waals surface area contributed by atoms with Crippen LogP contribution in [0.3, 0.4) is 0 Å². The number of hydrogen-bond donors (Lipinski definition) is 2. The maximum Gasteiger partial charge on any atom is 0.526 e. The molecule has 0 amide bonds. The lowest BCUT2D eigenvalue weighted by molar-refractivity contribution is 0.412. The van der Waals surface area contributed by atoms with E-state index in [0.29, 0.717) is 5.92 Å². The van der Waals surface area contributed by atoms with Crippen molar-refractivity contribution in [2.75, 3.05) is 0 Å². The van der Waals surface area contributed by atoms with Crippen LogP contribution < -0.4 is 5.66 Å². The molecule has 0 aliphatic heterocycles. The third kappa shape index (κ3) is 2.18. The number of benzene rings is 1. The predicted octanol–water partition coefficient (Wildman–Crippen LogP) is 2.16. The molecule has 94 valence electrons. The molecule has 1 aliphatic carbocycles. The normalized spacial score (nSPS) is 17.2. The van der Waals surface area contributed by atoms with Gasteiger partial charge < -0.3 is 14.5 Å². The molecule has 1 saturated carbocycles. The molecule has 1 heterocycles. The van der Waals surface area contributed by atoms with E-state index in [1.54, 1.807) is 6.07 Å². The molecule has 0 radical (unpaired) electrons. The van der Waals surface area contributed by atoms with Gasteiger partial charge in [0.1, 0.15) is 11.2 Å². The number of fused-ring (bicyclic) bond motifs is 1. The summed E-state index contributed by atoms with van der Waals surface area (Å²) in [6.45, 7) is 0. The van der Waals surface area contributed by atoms with E-state index in [4.69, 9.17) is 14.5 Å². The summed E-state index contributed by atoms with van der Waals surface area (Å²) in [5, 5.41) is 19.2. The van der Waals surface area contributed by atoms with Gasteiger partial charge in [0.25, 0.3) is 0 Å². The van der Waals surface area contributed by atoms with Crippen molar-refractivity contribution in [3.05, 3.63) is 29.8 Å². The highest BCUT2D eigenvalue weighted by Gasteiger charge is 2.19. The summed E-state index contributed by atoms with van der Waals surface area (Å²) < 4.78 is 5.37. The van der Waals surface area contributed by atoms with Gasteiger partial charge in [-0.25, -0.2) is 0 Å². The van der Waals surface area contributed by atoms with Crippen molar-refractivity contribution in [2.45, 2.75) is 38.0 Å². The molecule has 0 spiro atoms. The van der Waals surface area contributed by atoms with Crippen molar-refractivity contribution in [1.82, 2.24) is 0 Å². The Morgan fingerprint density at radius 3 is 2.56 bits per heavy atom. The quantitative estimate of drug-likeness (QED) is 0.796. The van der Waals surface area contributed by atoms with Crippen LogP contribution in [0.5, 0.6) is 0 Å². The lowest BCUT2D eigenvalue weighted by Gasteiger charge is -2.21. The summed E-state index contributed by atoms with van der Waals surface area (Å²) in [5.74, 6) is 0.653. The second-order valence-electron chi connectivity index (χ2n) is 5.15. The highest BCUT2D eigenvalue weighted by Crippen LogP contribution is 2.33. The first kappa shape index (κ1) is 11.8. The first-order chi connectivity index (χ1) is 8.74. The van der Waals surface area contributed by atoms with Gasteiger partial charge in [0.2, 0.25) is 0 Å². The molecule has 18 heavy (non-hydrogen) atoms. The van der Waals surface area contributed by atoms with Crippen LogP contribution in [-0.4, -0.2) is 17.2 Å². The largest absolute Gasteiger partial charge is 0.526 e. The minimum Gasteiger partial charge on any atom is -0.465 e.